The van der Waals surface area contributed by atoms with Crippen molar-refractivity contribution in [3.8, 4) is 0 Å². The largest absolute Gasteiger partial charge is 0.328 e. The fraction of sp³-hybridized carbons (Fsp3) is 0.412. The lowest BCUT2D eigenvalue weighted by atomic mass is 10.1. The molecule has 0 aromatic heterocycles. The van der Waals surface area contributed by atoms with E-state index in [4.69, 9.17) is 5.73 Å². The van der Waals surface area contributed by atoms with Gasteiger partial charge in [-0.2, -0.15) is 0 Å². The third-order valence-electron chi connectivity index (χ3n) is 3.42. The van der Waals surface area contributed by atoms with Gasteiger partial charge in [-0.25, -0.2) is 0 Å². The third kappa shape index (κ3) is 4.66. The highest BCUT2D eigenvalue weighted by molar-refractivity contribution is 5.82. The van der Waals surface area contributed by atoms with Crippen molar-refractivity contribution in [2.45, 2.75) is 32.2 Å². The molecule has 0 fully saturated rings. The minimum Gasteiger partial charge on any atom is -0.328 e. The van der Waals surface area contributed by atoms with E-state index in [1.165, 1.54) is 16.3 Å². The molecule has 3 N–H and O–H groups in total. The maximum Gasteiger partial charge on any atom is 0.00109 e. The Labute approximate surface area is 116 Å². The van der Waals surface area contributed by atoms with E-state index in [2.05, 4.69) is 54.7 Å². The summed E-state index contributed by atoms with van der Waals surface area (Å²) in [7, 11) is 0. The maximum absolute atomic E-state index is 5.72. The molecular weight excluding hydrogens is 232 g/mol. The molecule has 0 aliphatic rings. The molecule has 0 aliphatic heterocycles. The molecule has 2 aromatic rings. The average molecular weight is 256 g/mol. The monoisotopic (exact) mass is 256 g/mol. The van der Waals surface area contributed by atoms with Gasteiger partial charge in [0, 0.05) is 6.04 Å². The number of hydrogen-bond donors (Lipinski definition) is 2. The van der Waals surface area contributed by atoms with Gasteiger partial charge < -0.3 is 11.1 Å². The molecule has 0 bridgehead atoms. The van der Waals surface area contributed by atoms with E-state index in [1.54, 1.807) is 0 Å². The Morgan fingerprint density at radius 1 is 1.05 bits per heavy atom. The van der Waals surface area contributed by atoms with Gasteiger partial charge in [0.25, 0.3) is 0 Å². The lowest BCUT2D eigenvalue weighted by Gasteiger charge is -2.07. The summed E-state index contributed by atoms with van der Waals surface area (Å²) in [5, 5.41) is 6.13. The number of nitrogens with one attached hydrogen (secondary N) is 1. The minimum absolute atomic E-state index is 0.322. The van der Waals surface area contributed by atoms with Crippen molar-refractivity contribution in [2.75, 3.05) is 13.1 Å². The number of nitrogens with two attached hydrogens (primary N) is 1. The Bertz CT molecular complexity index is 505. The summed E-state index contributed by atoms with van der Waals surface area (Å²) >= 11 is 0. The van der Waals surface area contributed by atoms with Gasteiger partial charge in [-0.3, -0.25) is 0 Å². The van der Waals surface area contributed by atoms with E-state index in [1.807, 2.05) is 0 Å². The third-order valence-corrected chi connectivity index (χ3v) is 3.42. The molecule has 0 radical (unpaired) electrons. The Morgan fingerprint density at radius 3 is 2.63 bits per heavy atom. The second-order valence-electron chi connectivity index (χ2n) is 5.30. The summed E-state index contributed by atoms with van der Waals surface area (Å²) < 4.78 is 0. The SMILES string of the molecule is CC(N)CCCNCCc1ccc2ccccc2c1. The van der Waals surface area contributed by atoms with Gasteiger partial charge in [-0.1, -0.05) is 42.5 Å². The topological polar surface area (TPSA) is 38.0 Å². The van der Waals surface area contributed by atoms with Crippen LogP contribution >= 0.6 is 0 Å². The number of hydrogen-bond acceptors (Lipinski definition) is 2. The van der Waals surface area contributed by atoms with Gasteiger partial charge in [-0.05, 0) is 55.6 Å². The summed E-state index contributed by atoms with van der Waals surface area (Å²) in [6.07, 6.45) is 3.35. The molecule has 0 saturated heterocycles. The predicted octanol–water partition coefficient (Wildman–Crippen LogP) is 3.10. The van der Waals surface area contributed by atoms with Crippen LogP contribution in [0.3, 0.4) is 0 Å². The Kier molecular flexibility index (Phi) is 5.37. The van der Waals surface area contributed by atoms with Gasteiger partial charge >= 0.3 is 0 Å². The van der Waals surface area contributed by atoms with Crippen LogP contribution < -0.4 is 11.1 Å². The van der Waals surface area contributed by atoms with Crippen molar-refractivity contribution >= 4 is 10.8 Å². The Balaban J connectivity index is 1.75. The molecule has 1 unspecified atom stereocenters. The first-order valence-corrected chi connectivity index (χ1v) is 7.19. The average Bonchev–Trinajstić information content (AvgIpc) is 2.42. The lowest BCUT2D eigenvalue weighted by molar-refractivity contribution is 0.575. The standard InChI is InChI=1S/C17H24N2/c1-14(18)5-4-11-19-12-10-15-8-9-16-6-2-3-7-17(16)13-15/h2-3,6-9,13-14,19H,4-5,10-12,18H2,1H3. The summed E-state index contributed by atoms with van der Waals surface area (Å²) in [6.45, 7) is 4.17. The van der Waals surface area contributed by atoms with Crippen molar-refractivity contribution in [1.82, 2.24) is 5.32 Å². The molecule has 2 nitrogen and oxygen atoms in total. The fourth-order valence-corrected chi connectivity index (χ4v) is 2.30. The van der Waals surface area contributed by atoms with Gasteiger partial charge in [-0.15, -0.1) is 0 Å². The first-order chi connectivity index (χ1) is 9.25. The van der Waals surface area contributed by atoms with Gasteiger partial charge in [0.2, 0.25) is 0 Å². The molecule has 0 spiro atoms. The molecule has 0 saturated carbocycles. The normalized spacial score (nSPS) is 12.7. The zero-order valence-electron chi connectivity index (χ0n) is 11.7. The van der Waals surface area contributed by atoms with Crippen LogP contribution in [0.2, 0.25) is 0 Å². The van der Waals surface area contributed by atoms with Crippen LogP contribution in [-0.4, -0.2) is 19.1 Å². The highest BCUT2D eigenvalue weighted by Gasteiger charge is 1.97. The van der Waals surface area contributed by atoms with Crippen molar-refractivity contribution in [1.29, 1.82) is 0 Å². The molecular formula is C17H24N2. The smallest absolute Gasteiger partial charge is 0.00109 e. The van der Waals surface area contributed by atoms with Crippen molar-refractivity contribution in [3.05, 3.63) is 48.0 Å². The molecule has 2 rings (SSSR count). The van der Waals surface area contributed by atoms with Crippen LogP contribution in [0, 0.1) is 0 Å². The Hall–Kier alpha value is -1.38. The summed E-state index contributed by atoms with van der Waals surface area (Å²) in [4.78, 5) is 0. The quantitative estimate of drug-likeness (QED) is 0.747. The van der Waals surface area contributed by atoms with E-state index in [0.717, 1.165) is 32.4 Å². The second-order valence-corrected chi connectivity index (χ2v) is 5.30. The fourth-order valence-electron chi connectivity index (χ4n) is 2.30. The van der Waals surface area contributed by atoms with Gasteiger partial charge in [0.05, 0.1) is 0 Å². The second kappa shape index (κ2) is 7.27. The summed E-state index contributed by atoms with van der Waals surface area (Å²) in [5.74, 6) is 0. The molecule has 19 heavy (non-hydrogen) atoms. The molecule has 0 heterocycles. The van der Waals surface area contributed by atoms with Crippen LogP contribution in [-0.2, 0) is 6.42 Å². The first kappa shape index (κ1) is 14.0. The first-order valence-electron chi connectivity index (χ1n) is 7.19. The predicted molar refractivity (Wildman–Crippen MR) is 83.4 cm³/mol. The van der Waals surface area contributed by atoms with E-state index >= 15 is 0 Å². The molecule has 0 amide bonds. The minimum atomic E-state index is 0.322. The van der Waals surface area contributed by atoms with E-state index in [-0.39, 0.29) is 0 Å². The molecule has 0 aliphatic carbocycles. The van der Waals surface area contributed by atoms with Gasteiger partial charge in [0.1, 0.15) is 0 Å². The summed E-state index contributed by atoms with van der Waals surface area (Å²) in [6, 6.07) is 15.6. The zero-order chi connectivity index (χ0) is 13.5. The molecule has 1 atom stereocenters. The number of benzene rings is 2. The van der Waals surface area contributed by atoms with E-state index in [0.29, 0.717) is 6.04 Å². The maximum atomic E-state index is 5.72. The highest BCUT2D eigenvalue weighted by atomic mass is 14.8. The van der Waals surface area contributed by atoms with Crippen LogP contribution in [0.1, 0.15) is 25.3 Å². The highest BCUT2D eigenvalue weighted by Crippen LogP contribution is 2.15. The van der Waals surface area contributed by atoms with Crippen LogP contribution in [0.25, 0.3) is 10.8 Å². The van der Waals surface area contributed by atoms with Crippen molar-refractivity contribution < 1.29 is 0 Å². The molecule has 102 valence electrons. The zero-order valence-corrected chi connectivity index (χ0v) is 11.7. The van der Waals surface area contributed by atoms with Crippen LogP contribution in [0.4, 0.5) is 0 Å². The lowest BCUT2D eigenvalue weighted by Crippen LogP contribution is -2.21. The number of fused-ring (bicyclic) bond motifs is 1. The Morgan fingerprint density at radius 2 is 1.84 bits per heavy atom. The molecule has 2 aromatic carbocycles. The van der Waals surface area contributed by atoms with Crippen molar-refractivity contribution in [3.63, 3.8) is 0 Å². The molecule has 2 heteroatoms. The van der Waals surface area contributed by atoms with Gasteiger partial charge in [0.15, 0.2) is 0 Å². The van der Waals surface area contributed by atoms with E-state index < -0.39 is 0 Å². The van der Waals surface area contributed by atoms with Crippen molar-refractivity contribution in [2.24, 2.45) is 5.73 Å². The van der Waals surface area contributed by atoms with E-state index in [9.17, 15) is 0 Å². The summed E-state index contributed by atoms with van der Waals surface area (Å²) in [5.41, 5.74) is 7.12. The number of rotatable bonds is 7. The van der Waals surface area contributed by atoms with Crippen LogP contribution in [0.15, 0.2) is 42.5 Å². The van der Waals surface area contributed by atoms with Crippen LogP contribution in [0.5, 0.6) is 0 Å².